The van der Waals surface area contributed by atoms with Gasteiger partial charge in [-0.2, -0.15) is 0 Å². The van der Waals surface area contributed by atoms with Gasteiger partial charge < -0.3 is 20.3 Å². The van der Waals surface area contributed by atoms with Crippen LogP contribution in [0.5, 0.6) is 5.75 Å². The van der Waals surface area contributed by atoms with Crippen LogP contribution in [0.15, 0.2) is 42.5 Å². The molecule has 2 amide bonds. The van der Waals surface area contributed by atoms with Crippen LogP contribution in [-0.2, 0) is 9.59 Å². The zero-order valence-electron chi connectivity index (χ0n) is 15.1. The minimum Gasteiger partial charge on any atom is -0.495 e. The van der Waals surface area contributed by atoms with E-state index in [1.54, 1.807) is 30.2 Å². The third-order valence-electron chi connectivity index (χ3n) is 4.37. The first-order valence-electron chi connectivity index (χ1n) is 8.84. The molecule has 27 heavy (non-hydrogen) atoms. The lowest BCUT2D eigenvalue weighted by Gasteiger charge is -2.16. The number of nitrogens with one attached hydrogen (secondary N) is 2. The third kappa shape index (κ3) is 4.92. The topological polar surface area (TPSA) is 70.7 Å². The molecule has 1 heterocycles. The van der Waals surface area contributed by atoms with Crippen LogP contribution >= 0.6 is 11.6 Å². The van der Waals surface area contributed by atoms with Crippen LogP contribution < -0.4 is 20.3 Å². The fourth-order valence-corrected chi connectivity index (χ4v) is 3.17. The molecule has 1 saturated heterocycles. The number of hydrogen-bond acceptors (Lipinski definition) is 4. The standard InChI is InChI=1S/C20H22ClN3O3/c1-27-18-9-4-14(21)13-17(18)22-11-10-19(25)23-15-5-7-16(8-6-15)24-12-2-3-20(24)26/h4-9,13,22H,2-3,10-12H2,1H3,(H,23,25). The fraction of sp³-hybridized carbons (Fsp3) is 0.300. The van der Waals surface area contributed by atoms with Gasteiger partial charge in [0.2, 0.25) is 11.8 Å². The molecule has 0 radical (unpaired) electrons. The Morgan fingerprint density at radius 2 is 2.00 bits per heavy atom. The number of benzene rings is 2. The van der Waals surface area contributed by atoms with Gasteiger partial charge >= 0.3 is 0 Å². The number of carbonyl (C=O) groups is 2. The van der Waals surface area contributed by atoms with E-state index in [-0.39, 0.29) is 11.8 Å². The van der Waals surface area contributed by atoms with Crippen molar-refractivity contribution in [2.45, 2.75) is 19.3 Å². The summed E-state index contributed by atoms with van der Waals surface area (Å²) in [5.41, 5.74) is 2.32. The molecular weight excluding hydrogens is 366 g/mol. The van der Waals surface area contributed by atoms with E-state index in [1.165, 1.54) is 0 Å². The molecule has 3 rings (SSSR count). The molecule has 0 aromatic heterocycles. The molecule has 0 bridgehead atoms. The predicted octanol–water partition coefficient (Wildman–Crippen LogP) is 3.92. The molecule has 1 fully saturated rings. The van der Waals surface area contributed by atoms with Gasteiger partial charge in [-0.3, -0.25) is 9.59 Å². The van der Waals surface area contributed by atoms with Gasteiger partial charge in [-0.1, -0.05) is 11.6 Å². The van der Waals surface area contributed by atoms with Crippen molar-refractivity contribution in [3.05, 3.63) is 47.5 Å². The van der Waals surface area contributed by atoms with Crippen LogP contribution in [0.25, 0.3) is 0 Å². The summed E-state index contributed by atoms with van der Waals surface area (Å²) in [4.78, 5) is 25.7. The molecule has 2 aromatic carbocycles. The predicted molar refractivity (Wildman–Crippen MR) is 108 cm³/mol. The van der Waals surface area contributed by atoms with Gasteiger partial charge in [0.15, 0.2) is 0 Å². The summed E-state index contributed by atoms with van der Waals surface area (Å²) in [6.45, 7) is 1.20. The van der Waals surface area contributed by atoms with Crippen molar-refractivity contribution in [2.75, 3.05) is 35.7 Å². The van der Waals surface area contributed by atoms with Crippen LogP contribution in [0.3, 0.4) is 0 Å². The number of hydrogen-bond donors (Lipinski definition) is 2. The third-order valence-corrected chi connectivity index (χ3v) is 4.60. The SMILES string of the molecule is COc1ccc(Cl)cc1NCCC(=O)Nc1ccc(N2CCCC2=O)cc1. The molecule has 0 saturated carbocycles. The Hall–Kier alpha value is -2.73. The minimum absolute atomic E-state index is 0.103. The number of carbonyl (C=O) groups excluding carboxylic acids is 2. The number of halogens is 1. The van der Waals surface area contributed by atoms with E-state index >= 15 is 0 Å². The lowest BCUT2D eigenvalue weighted by Crippen LogP contribution is -2.23. The van der Waals surface area contributed by atoms with E-state index in [1.807, 2.05) is 24.3 Å². The van der Waals surface area contributed by atoms with Crippen molar-refractivity contribution in [1.82, 2.24) is 0 Å². The zero-order chi connectivity index (χ0) is 19.2. The molecule has 1 aliphatic rings. The van der Waals surface area contributed by atoms with E-state index in [0.717, 1.165) is 24.3 Å². The normalized spacial score (nSPS) is 13.6. The maximum absolute atomic E-state index is 12.1. The summed E-state index contributed by atoms with van der Waals surface area (Å²) in [5.74, 6) is 0.717. The van der Waals surface area contributed by atoms with Gasteiger partial charge in [0.1, 0.15) is 5.75 Å². The number of rotatable bonds is 7. The van der Waals surface area contributed by atoms with E-state index in [4.69, 9.17) is 16.3 Å². The van der Waals surface area contributed by atoms with E-state index in [2.05, 4.69) is 10.6 Å². The van der Waals surface area contributed by atoms with Gasteiger partial charge in [0.05, 0.1) is 12.8 Å². The van der Waals surface area contributed by atoms with Crippen molar-refractivity contribution in [2.24, 2.45) is 0 Å². The number of amides is 2. The zero-order valence-corrected chi connectivity index (χ0v) is 15.9. The van der Waals surface area contributed by atoms with Crippen LogP contribution in [0.4, 0.5) is 17.1 Å². The summed E-state index contributed by atoms with van der Waals surface area (Å²) < 4.78 is 5.26. The number of methoxy groups -OCH3 is 1. The second kappa shape index (κ2) is 8.77. The molecule has 2 N–H and O–H groups in total. The smallest absolute Gasteiger partial charge is 0.227 e. The molecule has 0 unspecified atom stereocenters. The Kier molecular flexibility index (Phi) is 6.19. The van der Waals surface area contributed by atoms with Gasteiger partial charge in [-0.25, -0.2) is 0 Å². The Morgan fingerprint density at radius 3 is 2.67 bits per heavy atom. The first-order valence-corrected chi connectivity index (χ1v) is 9.22. The molecule has 0 spiro atoms. The van der Waals surface area contributed by atoms with E-state index in [9.17, 15) is 9.59 Å². The molecule has 0 atom stereocenters. The van der Waals surface area contributed by atoms with Gasteiger partial charge in [0.25, 0.3) is 0 Å². The lowest BCUT2D eigenvalue weighted by atomic mass is 10.2. The molecule has 0 aliphatic carbocycles. The molecule has 7 heteroatoms. The second-order valence-corrected chi connectivity index (χ2v) is 6.70. The van der Waals surface area contributed by atoms with Crippen molar-refractivity contribution in [1.29, 1.82) is 0 Å². The fourth-order valence-electron chi connectivity index (χ4n) is 3.00. The van der Waals surface area contributed by atoms with Gasteiger partial charge in [0, 0.05) is 42.3 Å². The number of anilines is 3. The summed E-state index contributed by atoms with van der Waals surface area (Å²) in [6, 6.07) is 12.6. The van der Waals surface area contributed by atoms with Crippen LogP contribution in [0.2, 0.25) is 5.02 Å². The van der Waals surface area contributed by atoms with Gasteiger partial charge in [-0.05, 0) is 48.9 Å². The molecule has 6 nitrogen and oxygen atoms in total. The van der Waals surface area contributed by atoms with Crippen molar-refractivity contribution in [3.8, 4) is 5.75 Å². The highest BCUT2D eigenvalue weighted by molar-refractivity contribution is 6.30. The van der Waals surface area contributed by atoms with E-state index < -0.39 is 0 Å². The number of nitrogens with zero attached hydrogens (tertiary/aromatic N) is 1. The summed E-state index contributed by atoms with van der Waals surface area (Å²) in [7, 11) is 1.58. The first-order chi connectivity index (χ1) is 13.1. The maximum Gasteiger partial charge on any atom is 0.227 e. The lowest BCUT2D eigenvalue weighted by molar-refractivity contribution is -0.117. The quantitative estimate of drug-likeness (QED) is 0.755. The Labute approximate surface area is 163 Å². The second-order valence-electron chi connectivity index (χ2n) is 6.27. The van der Waals surface area contributed by atoms with Crippen LogP contribution in [0.1, 0.15) is 19.3 Å². The highest BCUT2D eigenvalue weighted by Gasteiger charge is 2.21. The Balaban J connectivity index is 1.49. The highest BCUT2D eigenvalue weighted by atomic mass is 35.5. The molecule has 142 valence electrons. The minimum atomic E-state index is -0.103. The maximum atomic E-state index is 12.1. The Bertz CT molecular complexity index is 824. The van der Waals surface area contributed by atoms with Crippen molar-refractivity contribution in [3.63, 3.8) is 0 Å². The summed E-state index contributed by atoms with van der Waals surface area (Å²) in [6.07, 6.45) is 1.78. The summed E-state index contributed by atoms with van der Waals surface area (Å²) >= 11 is 5.99. The van der Waals surface area contributed by atoms with E-state index in [0.29, 0.717) is 35.8 Å². The number of ether oxygens (including phenoxy) is 1. The van der Waals surface area contributed by atoms with Crippen LogP contribution in [0, 0.1) is 0 Å². The molecular formula is C20H22ClN3O3. The average Bonchev–Trinajstić information content (AvgIpc) is 3.08. The first kappa shape index (κ1) is 19.0. The van der Waals surface area contributed by atoms with Crippen molar-refractivity contribution >= 4 is 40.5 Å². The average molecular weight is 388 g/mol. The Morgan fingerprint density at radius 1 is 1.22 bits per heavy atom. The molecule has 2 aromatic rings. The molecule has 1 aliphatic heterocycles. The van der Waals surface area contributed by atoms with Gasteiger partial charge in [-0.15, -0.1) is 0 Å². The highest BCUT2D eigenvalue weighted by Crippen LogP contribution is 2.27. The van der Waals surface area contributed by atoms with Crippen molar-refractivity contribution < 1.29 is 14.3 Å². The summed E-state index contributed by atoms with van der Waals surface area (Å²) in [5, 5.41) is 6.61. The monoisotopic (exact) mass is 387 g/mol. The van der Waals surface area contributed by atoms with Crippen LogP contribution in [-0.4, -0.2) is 32.0 Å². The largest absolute Gasteiger partial charge is 0.495 e.